The number of amides is 1. The van der Waals surface area contributed by atoms with Gasteiger partial charge in [0.25, 0.3) is 0 Å². The van der Waals surface area contributed by atoms with E-state index >= 15 is 0 Å². The lowest BCUT2D eigenvalue weighted by atomic mass is 9.89. The van der Waals surface area contributed by atoms with Crippen LogP contribution in [0.5, 0.6) is 0 Å². The number of hydrogen-bond acceptors (Lipinski definition) is 1. The molecule has 0 aliphatic carbocycles. The van der Waals surface area contributed by atoms with E-state index in [1.165, 1.54) is 27.7 Å². The van der Waals surface area contributed by atoms with Crippen LogP contribution in [-0.4, -0.2) is 21.9 Å². The summed E-state index contributed by atoms with van der Waals surface area (Å²) in [6, 6.07) is 39.6. The summed E-state index contributed by atoms with van der Waals surface area (Å²) >= 11 is 0. The molecule has 0 N–H and O–H groups in total. The molecule has 1 aliphatic heterocycles. The quantitative estimate of drug-likeness (QED) is 0.300. The lowest BCUT2D eigenvalue weighted by Gasteiger charge is -2.32. The molecule has 6 rings (SSSR count). The van der Waals surface area contributed by atoms with Crippen molar-refractivity contribution in [2.75, 3.05) is 6.54 Å². The molecule has 4 aromatic carbocycles. The summed E-state index contributed by atoms with van der Waals surface area (Å²) in [7, 11) is 0. The van der Waals surface area contributed by atoms with Gasteiger partial charge in [-0.25, -0.2) is 0 Å². The highest BCUT2D eigenvalue weighted by Gasteiger charge is 2.32. The Balaban J connectivity index is 1.37. The molecule has 2 heterocycles. The highest BCUT2D eigenvalue weighted by molar-refractivity contribution is 5.90. The third kappa shape index (κ3) is 4.04. The number of aromatic nitrogens is 1. The molecule has 0 saturated heterocycles. The van der Waals surface area contributed by atoms with Gasteiger partial charge in [0.15, 0.2) is 0 Å². The molecule has 35 heavy (non-hydrogen) atoms. The van der Waals surface area contributed by atoms with Gasteiger partial charge in [-0.05, 0) is 22.8 Å². The topological polar surface area (TPSA) is 25.2 Å². The average molecular weight is 457 g/mol. The normalized spacial score (nSPS) is 13.2. The average Bonchev–Trinajstić information content (AvgIpc) is 3.23. The molecule has 0 saturated carbocycles. The Bertz CT molecular complexity index is 1420. The molecule has 0 fully saturated rings. The van der Waals surface area contributed by atoms with Crippen LogP contribution in [0.2, 0.25) is 0 Å². The molecule has 3 heteroatoms. The fourth-order valence-electron chi connectivity index (χ4n) is 5.49. The highest BCUT2D eigenvalue weighted by Crippen LogP contribution is 2.34. The van der Waals surface area contributed by atoms with Gasteiger partial charge in [-0.2, -0.15) is 0 Å². The molecule has 0 bridgehead atoms. The van der Waals surface area contributed by atoms with Gasteiger partial charge in [0.05, 0.1) is 5.92 Å². The van der Waals surface area contributed by atoms with Crippen LogP contribution in [0.15, 0.2) is 115 Å². The van der Waals surface area contributed by atoms with Crippen LogP contribution in [0.25, 0.3) is 10.9 Å². The molecule has 0 atom stereocenters. The monoisotopic (exact) mass is 456 g/mol. The summed E-state index contributed by atoms with van der Waals surface area (Å²) < 4.78 is 2.45. The second-order valence-electron chi connectivity index (χ2n) is 9.28. The number of benzene rings is 4. The Morgan fingerprint density at radius 1 is 0.714 bits per heavy atom. The fourth-order valence-corrected chi connectivity index (χ4v) is 5.49. The molecule has 1 amide bonds. The van der Waals surface area contributed by atoms with Crippen LogP contribution in [0.3, 0.4) is 0 Å². The number of carbonyl (C=O) groups excluding carboxylic acids is 1. The Kier molecular flexibility index (Phi) is 5.67. The lowest BCUT2D eigenvalue weighted by molar-refractivity contribution is -0.132. The number of nitrogens with zero attached hydrogens (tertiary/aromatic N) is 2. The zero-order valence-electron chi connectivity index (χ0n) is 19.7. The van der Waals surface area contributed by atoms with Crippen molar-refractivity contribution in [1.29, 1.82) is 0 Å². The minimum atomic E-state index is -0.295. The van der Waals surface area contributed by atoms with E-state index in [4.69, 9.17) is 0 Å². The second kappa shape index (κ2) is 9.27. The first-order valence-corrected chi connectivity index (χ1v) is 12.3. The number of hydrogen-bond donors (Lipinski definition) is 0. The SMILES string of the molecule is O=C(C(c1ccccc1)c1ccccc1)N1CCc2c(c3ccccc3n2Cc2ccccc2)C1. The molecule has 1 aromatic heterocycles. The Hall–Kier alpha value is -4.11. The number of carbonyl (C=O) groups is 1. The second-order valence-corrected chi connectivity index (χ2v) is 9.28. The van der Waals surface area contributed by atoms with Crippen LogP contribution in [-0.2, 0) is 24.3 Å². The summed E-state index contributed by atoms with van der Waals surface area (Å²) in [6.45, 7) is 2.22. The Labute approximate surface area is 206 Å². The molecule has 172 valence electrons. The maximum atomic E-state index is 14.1. The molecule has 3 nitrogen and oxygen atoms in total. The smallest absolute Gasteiger partial charge is 0.234 e. The predicted molar refractivity (Wildman–Crippen MR) is 141 cm³/mol. The molecule has 0 unspecified atom stereocenters. The maximum Gasteiger partial charge on any atom is 0.234 e. The summed E-state index contributed by atoms with van der Waals surface area (Å²) in [4.78, 5) is 16.1. The van der Waals surface area contributed by atoms with E-state index in [1.54, 1.807) is 0 Å². The third-order valence-corrected chi connectivity index (χ3v) is 7.17. The molecule has 0 spiro atoms. The van der Waals surface area contributed by atoms with Crippen LogP contribution >= 0.6 is 0 Å². The molecule has 5 aromatic rings. The van der Waals surface area contributed by atoms with E-state index in [2.05, 4.69) is 88.3 Å². The molecule has 0 radical (unpaired) electrons. The van der Waals surface area contributed by atoms with Crippen molar-refractivity contribution in [1.82, 2.24) is 9.47 Å². The van der Waals surface area contributed by atoms with E-state index in [-0.39, 0.29) is 11.8 Å². The Morgan fingerprint density at radius 3 is 1.94 bits per heavy atom. The number of fused-ring (bicyclic) bond motifs is 3. The first-order valence-electron chi connectivity index (χ1n) is 12.3. The van der Waals surface area contributed by atoms with E-state index in [0.29, 0.717) is 6.54 Å². The summed E-state index contributed by atoms with van der Waals surface area (Å²) in [6.07, 6.45) is 0.860. The minimum absolute atomic E-state index is 0.174. The molecule has 1 aliphatic rings. The van der Waals surface area contributed by atoms with E-state index in [0.717, 1.165) is 30.6 Å². The van der Waals surface area contributed by atoms with Crippen molar-refractivity contribution in [2.24, 2.45) is 0 Å². The van der Waals surface area contributed by atoms with E-state index < -0.39 is 0 Å². The van der Waals surface area contributed by atoms with Gasteiger partial charge in [0.2, 0.25) is 5.91 Å². The highest BCUT2D eigenvalue weighted by atomic mass is 16.2. The van der Waals surface area contributed by atoms with Crippen molar-refractivity contribution in [3.8, 4) is 0 Å². The van der Waals surface area contributed by atoms with Crippen molar-refractivity contribution in [3.05, 3.63) is 143 Å². The summed E-state index contributed by atoms with van der Waals surface area (Å²) in [5, 5.41) is 1.26. The van der Waals surface area contributed by atoms with Gasteiger partial charge in [0, 0.05) is 48.2 Å². The van der Waals surface area contributed by atoms with E-state index in [1.807, 2.05) is 36.4 Å². The van der Waals surface area contributed by atoms with Gasteiger partial charge in [-0.1, -0.05) is 109 Å². The third-order valence-electron chi connectivity index (χ3n) is 7.17. The zero-order chi connectivity index (χ0) is 23.6. The molecular formula is C32H28N2O. The zero-order valence-corrected chi connectivity index (χ0v) is 19.7. The van der Waals surface area contributed by atoms with Gasteiger partial charge in [-0.15, -0.1) is 0 Å². The first kappa shape index (κ1) is 21.4. The van der Waals surface area contributed by atoms with Crippen molar-refractivity contribution < 1.29 is 4.79 Å². The number of rotatable bonds is 5. The largest absolute Gasteiger partial charge is 0.340 e. The standard InChI is InChI=1S/C32H28N2O/c35-32(31(25-14-6-2-7-15-25)26-16-8-3-9-17-26)33-21-20-30-28(23-33)27-18-10-11-19-29(27)34(30)22-24-12-4-1-5-13-24/h1-19,31H,20-23H2. The van der Waals surface area contributed by atoms with Crippen molar-refractivity contribution >= 4 is 16.8 Å². The van der Waals surface area contributed by atoms with E-state index in [9.17, 15) is 4.79 Å². The molecular weight excluding hydrogens is 428 g/mol. The fraction of sp³-hybridized carbons (Fsp3) is 0.156. The maximum absolute atomic E-state index is 14.1. The van der Waals surface area contributed by atoms with Crippen LogP contribution < -0.4 is 0 Å². The minimum Gasteiger partial charge on any atom is -0.340 e. The van der Waals surface area contributed by atoms with Gasteiger partial charge in [-0.3, -0.25) is 4.79 Å². The first-order chi connectivity index (χ1) is 17.3. The lowest BCUT2D eigenvalue weighted by Crippen LogP contribution is -2.39. The Morgan fingerprint density at radius 2 is 1.29 bits per heavy atom. The number of para-hydroxylation sites is 1. The van der Waals surface area contributed by atoms with Gasteiger partial charge < -0.3 is 9.47 Å². The van der Waals surface area contributed by atoms with Crippen molar-refractivity contribution in [2.45, 2.75) is 25.4 Å². The van der Waals surface area contributed by atoms with Gasteiger partial charge >= 0.3 is 0 Å². The predicted octanol–water partition coefficient (Wildman–Crippen LogP) is 6.41. The van der Waals surface area contributed by atoms with Crippen LogP contribution in [0.4, 0.5) is 0 Å². The summed E-state index contributed by atoms with van der Waals surface area (Å²) in [5.41, 5.74) is 7.27. The van der Waals surface area contributed by atoms with Crippen LogP contribution in [0, 0.1) is 0 Å². The van der Waals surface area contributed by atoms with Crippen molar-refractivity contribution in [3.63, 3.8) is 0 Å². The van der Waals surface area contributed by atoms with Gasteiger partial charge in [0.1, 0.15) is 0 Å². The van der Waals surface area contributed by atoms with Crippen LogP contribution in [0.1, 0.15) is 33.9 Å². The summed E-state index contributed by atoms with van der Waals surface area (Å²) in [5.74, 6) is -0.121.